The third kappa shape index (κ3) is 3.88. The summed E-state index contributed by atoms with van der Waals surface area (Å²) in [5, 5.41) is 14.5. The van der Waals surface area contributed by atoms with Crippen LogP contribution >= 0.6 is 0 Å². The van der Waals surface area contributed by atoms with Crippen molar-refractivity contribution in [2.24, 2.45) is 0 Å². The molecule has 0 atom stereocenters. The average molecular weight is 400 g/mol. The zero-order valence-corrected chi connectivity index (χ0v) is 15.5. The van der Waals surface area contributed by atoms with E-state index in [9.17, 15) is 14.4 Å². The monoisotopic (exact) mass is 400 g/mol. The summed E-state index contributed by atoms with van der Waals surface area (Å²) in [4.78, 5) is 42.8. The summed E-state index contributed by atoms with van der Waals surface area (Å²) >= 11 is 0. The zero-order chi connectivity index (χ0) is 21.1. The van der Waals surface area contributed by atoms with E-state index >= 15 is 0 Å². The third-order valence-corrected chi connectivity index (χ3v) is 4.46. The average Bonchev–Trinajstić information content (AvgIpc) is 3.17. The number of benzene rings is 2. The molecule has 30 heavy (non-hydrogen) atoms. The highest BCUT2D eigenvalue weighted by atomic mass is 16.4. The van der Waals surface area contributed by atoms with E-state index in [1.54, 1.807) is 60.8 Å². The van der Waals surface area contributed by atoms with Gasteiger partial charge in [0, 0.05) is 28.4 Å². The number of anilines is 2. The minimum Gasteiger partial charge on any atom is -0.465 e. The number of fused-ring (bicyclic) bond motifs is 1. The topological polar surface area (TPSA) is 124 Å². The van der Waals surface area contributed by atoms with Crippen LogP contribution in [0, 0.1) is 0 Å². The second kappa shape index (κ2) is 7.88. The SMILES string of the molecule is O=C(O)Nc1cnc2[nH]cc(-c3cccc(NC(=O)C(=O)c4ccccc4)c3)c2c1. The van der Waals surface area contributed by atoms with Crippen LogP contribution < -0.4 is 10.6 Å². The van der Waals surface area contributed by atoms with Gasteiger partial charge in [-0.1, -0.05) is 42.5 Å². The third-order valence-electron chi connectivity index (χ3n) is 4.46. The van der Waals surface area contributed by atoms with E-state index < -0.39 is 17.8 Å². The Balaban J connectivity index is 1.61. The first kappa shape index (κ1) is 18.9. The van der Waals surface area contributed by atoms with Crippen LogP contribution in [0.3, 0.4) is 0 Å². The van der Waals surface area contributed by atoms with Crippen LogP contribution in [0.5, 0.6) is 0 Å². The number of amides is 2. The number of carbonyl (C=O) groups is 3. The van der Waals surface area contributed by atoms with E-state index in [-0.39, 0.29) is 0 Å². The van der Waals surface area contributed by atoms with Gasteiger partial charge in [-0.25, -0.2) is 9.78 Å². The fourth-order valence-electron chi connectivity index (χ4n) is 3.11. The minimum absolute atomic E-state index is 0.312. The van der Waals surface area contributed by atoms with Gasteiger partial charge >= 0.3 is 6.09 Å². The smallest absolute Gasteiger partial charge is 0.409 e. The molecule has 8 heteroatoms. The molecule has 2 aromatic carbocycles. The standard InChI is InChI=1S/C22H16N4O4/c27-19(13-5-2-1-3-6-13)21(28)25-15-8-4-7-14(9-15)18-12-24-20-17(18)10-16(11-23-20)26-22(29)30/h1-12,26H,(H,23,24)(H,25,28)(H,29,30). The molecule has 2 aromatic heterocycles. The van der Waals surface area contributed by atoms with Gasteiger partial charge in [0.25, 0.3) is 11.7 Å². The predicted octanol–water partition coefficient (Wildman–Crippen LogP) is 4.14. The molecular weight excluding hydrogens is 384 g/mol. The van der Waals surface area contributed by atoms with Crippen molar-refractivity contribution in [3.05, 3.63) is 78.6 Å². The number of hydrogen-bond acceptors (Lipinski definition) is 4. The molecule has 2 heterocycles. The largest absolute Gasteiger partial charge is 0.465 e. The Hall–Kier alpha value is -4.46. The molecule has 0 saturated heterocycles. The molecule has 4 aromatic rings. The van der Waals surface area contributed by atoms with Crippen molar-refractivity contribution in [2.45, 2.75) is 0 Å². The first-order valence-corrected chi connectivity index (χ1v) is 8.99. The Morgan fingerprint density at radius 2 is 1.70 bits per heavy atom. The Morgan fingerprint density at radius 1 is 0.900 bits per heavy atom. The van der Waals surface area contributed by atoms with Crippen LogP contribution in [-0.4, -0.2) is 32.9 Å². The highest BCUT2D eigenvalue weighted by Crippen LogP contribution is 2.31. The molecule has 8 nitrogen and oxygen atoms in total. The van der Waals surface area contributed by atoms with Crippen molar-refractivity contribution in [1.82, 2.24) is 9.97 Å². The maximum absolute atomic E-state index is 12.3. The van der Waals surface area contributed by atoms with Crippen molar-refractivity contribution in [1.29, 1.82) is 0 Å². The molecule has 0 spiro atoms. The van der Waals surface area contributed by atoms with Crippen molar-refractivity contribution >= 4 is 40.2 Å². The fraction of sp³-hybridized carbons (Fsp3) is 0. The van der Waals surface area contributed by atoms with Gasteiger partial charge in [0.15, 0.2) is 0 Å². The summed E-state index contributed by atoms with van der Waals surface area (Å²) in [6, 6.07) is 17.0. The molecule has 0 radical (unpaired) electrons. The number of nitrogens with zero attached hydrogens (tertiary/aromatic N) is 1. The summed E-state index contributed by atoms with van der Waals surface area (Å²) in [5.74, 6) is -1.35. The maximum atomic E-state index is 12.3. The van der Waals surface area contributed by atoms with E-state index in [0.717, 1.165) is 11.1 Å². The highest BCUT2D eigenvalue weighted by molar-refractivity contribution is 6.46. The van der Waals surface area contributed by atoms with Gasteiger partial charge in [-0.05, 0) is 23.8 Å². The number of carboxylic acid groups (broad SMARTS) is 1. The lowest BCUT2D eigenvalue weighted by atomic mass is 10.0. The van der Waals surface area contributed by atoms with Crippen LogP contribution in [0.2, 0.25) is 0 Å². The van der Waals surface area contributed by atoms with E-state index in [2.05, 4.69) is 20.6 Å². The molecule has 0 unspecified atom stereocenters. The fourth-order valence-corrected chi connectivity index (χ4v) is 3.11. The number of hydrogen-bond donors (Lipinski definition) is 4. The highest BCUT2D eigenvalue weighted by Gasteiger charge is 2.16. The molecule has 0 aliphatic carbocycles. The number of carbonyl (C=O) groups excluding carboxylic acids is 2. The van der Waals surface area contributed by atoms with Crippen LogP contribution in [0.4, 0.5) is 16.2 Å². The molecule has 4 rings (SSSR count). The van der Waals surface area contributed by atoms with Crippen molar-refractivity contribution in [3.8, 4) is 11.1 Å². The quantitative estimate of drug-likeness (QED) is 0.296. The first-order chi connectivity index (χ1) is 14.5. The number of aromatic amines is 1. The summed E-state index contributed by atoms with van der Waals surface area (Å²) in [5.41, 5.74) is 3.25. The van der Waals surface area contributed by atoms with Gasteiger partial charge < -0.3 is 15.4 Å². The van der Waals surface area contributed by atoms with Gasteiger partial charge in [-0.2, -0.15) is 0 Å². The van der Waals surface area contributed by atoms with Crippen molar-refractivity contribution in [2.75, 3.05) is 10.6 Å². The summed E-state index contributed by atoms with van der Waals surface area (Å²) < 4.78 is 0. The molecule has 0 aliphatic heterocycles. The number of Topliss-reactive ketones (excluding diaryl/α,β-unsaturated/α-hetero) is 1. The molecule has 148 valence electrons. The second-order valence-corrected chi connectivity index (χ2v) is 6.48. The maximum Gasteiger partial charge on any atom is 0.409 e. The molecule has 2 amide bonds. The number of nitrogens with one attached hydrogen (secondary N) is 3. The van der Waals surface area contributed by atoms with E-state index in [0.29, 0.717) is 28.0 Å². The summed E-state index contributed by atoms with van der Waals surface area (Å²) in [7, 11) is 0. The van der Waals surface area contributed by atoms with Gasteiger partial charge in [0.05, 0.1) is 11.9 Å². The Morgan fingerprint density at radius 3 is 2.47 bits per heavy atom. The normalized spacial score (nSPS) is 10.5. The Kier molecular flexibility index (Phi) is 4.96. The van der Waals surface area contributed by atoms with Gasteiger partial charge in [0.2, 0.25) is 0 Å². The molecule has 0 bridgehead atoms. The van der Waals surface area contributed by atoms with Gasteiger partial charge in [0.1, 0.15) is 5.65 Å². The number of H-pyrrole nitrogens is 1. The van der Waals surface area contributed by atoms with E-state index in [4.69, 9.17) is 5.11 Å². The van der Waals surface area contributed by atoms with E-state index in [1.165, 1.54) is 6.20 Å². The van der Waals surface area contributed by atoms with Crippen molar-refractivity contribution < 1.29 is 19.5 Å². The van der Waals surface area contributed by atoms with Gasteiger partial charge in [-0.3, -0.25) is 14.9 Å². The lowest BCUT2D eigenvalue weighted by Gasteiger charge is -2.07. The van der Waals surface area contributed by atoms with E-state index in [1.807, 2.05) is 6.07 Å². The zero-order valence-electron chi connectivity index (χ0n) is 15.5. The minimum atomic E-state index is -1.18. The molecule has 0 saturated carbocycles. The molecule has 4 N–H and O–H groups in total. The predicted molar refractivity (Wildman–Crippen MR) is 113 cm³/mol. The van der Waals surface area contributed by atoms with Crippen molar-refractivity contribution in [3.63, 3.8) is 0 Å². The van der Waals surface area contributed by atoms with Crippen LogP contribution in [0.25, 0.3) is 22.2 Å². The number of ketones is 1. The Labute approximate surface area is 170 Å². The van der Waals surface area contributed by atoms with Crippen LogP contribution in [0.15, 0.2) is 73.1 Å². The molecular formula is C22H16N4O4. The molecule has 0 aliphatic rings. The summed E-state index contributed by atoms with van der Waals surface area (Å²) in [6.45, 7) is 0. The number of aromatic nitrogens is 2. The van der Waals surface area contributed by atoms with Gasteiger partial charge in [-0.15, -0.1) is 0 Å². The number of pyridine rings is 1. The second-order valence-electron chi connectivity index (χ2n) is 6.48. The van der Waals surface area contributed by atoms with Crippen LogP contribution in [0.1, 0.15) is 10.4 Å². The lowest BCUT2D eigenvalue weighted by molar-refractivity contribution is -0.112. The lowest BCUT2D eigenvalue weighted by Crippen LogP contribution is -2.22. The Bertz CT molecular complexity index is 1260. The summed E-state index contributed by atoms with van der Waals surface area (Å²) in [6.07, 6.45) is 1.99. The number of rotatable bonds is 5. The first-order valence-electron chi connectivity index (χ1n) is 8.99. The molecule has 0 fully saturated rings. The van der Waals surface area contributed by atoms with Crippen LogP contribution in [-0.2, 0) is 4.79 Å².